The van der Waals surface area contributed by atoms with Gasteiger partial charge < -0.3 is 15.6 Å². The van der Waals surface area contributed by atoms with Gasteiger partial charge in [0.05, 0.1) is 12.7 Å². The fourth-order valence-corrected chi connectivity index (χ4v) is 2.50. The number of halogens is 1. The molecule has 7 heteroatoms. The molecule has 16 heavy (non-hydrogen) atoms. The molecule has 2 heterocycles. The summed E-state index contributed by atoms with van der Waals surface area (Å²) in [7, 11) is 0. The molecule has 6 nitrogen and oxygen atoms in total. The average molecular weight is 337 g/mol. The van der Waals surface area contributed by atoms with Gasteiger partial charge in [-0.25, -0.2) is 4.79 Å². The van der Waals surface area contributed by atoms with Crippen LogP contribution in [0.15, 0.2) is 17.1 Å². The lowest BCUT2D eigenvalue weighted by atomic mass is 10.2. The first-order valence-electron chi connectivity index (χ1n) is 4.87. The van der Waals surface area contributed by atoms with E-state index in [0.29, 0.717) is 6.42 Å². The second-order valence-corrected chi connectivity index (χ2v) is 5.21. The molecule has 88 valence electrons. The Bertz CT molecular complexity index is 436. The molecular weight excluding hydrogens is 325 g/mol. The van der Waals surface area contributed by atoms with E-state index in [9.17, 15) is 4.79 Å². The van der Waals surface area contributed by atoms with Gasteiger partial charge in [0.25, 0.3) is 0 Å². The molecule has 3 N–H and O–H groups in total. The Balaban J connectivity index is 2.23. The maximum Gasteiger partial charge on any atom is 0.351 e. The molecule has 0 aromatic carbocycles. The molecule has 2 rings (SSSR count). The number of hydrogen-bond acceptors (Lipinski definition) is 5. The minimum atomic E-state index is -0.424. The van der Waals surface area contributed by atoms with Crippen molar-refractivity contribution in [1.82, 2.24) is 9.55 Å². The van der Waals surface area contributed by atoms with Crippen molar-refractivity contribution in [3.05, 3.63) is 22.7 Å². The lowest BCUT2D eigenvalue weighted by Gasteiger charge is -2.14. The molecule has 1 aromatic heterocycles. The van der Waals surface area contributed by atoms with Crippen molar-refractivity contribution in [1.29, 1.82) is 0 Å². The highest BCUT2D eigenvalue weighted by Gasteiger charge is 2.34. The first-order chi connectivity index (χ1) is 7.61. The first kappa shape index (κ1) is 11.8. The maximum absolute atomic E-state index is 11.6. The summed E-state index contributed by atoms with van der Waals surface area (Å²) in [4.78, 5) is 15.2. The fourth-order valence-electron chi connectivity index (χ4n) is 1.67. The van der Waals surface area contributed by atoms with Crippen molar-refractivity contribution in [2.45, 2.75) is 22.7 Å². The Labute approximate surface area is 106 Å². The van der Waals surface area contributed by atoms with Crippen LogP contribution in [0.2, 0.25) is 0 Å². The molecular formula is C9H12IN3O3. The van der Waals surface area contributed by atoms with E-state index in [1.807, 2.05) is 0 Å². The van der Waals surface area contributed by atoms with Crippen LogP contribution in [0.4, 0.5) is 5.82 Å². The average Bonchev–Trinajstić information content (AvgIpc) is 2.59. The number of anilines is 1. The molecule has 0 amide bonds. The lowest BCUT2D eigenvalue weighted by Crippen LogP contribution is -2.27. The van der Waals surface area contributed by atoms with E-state index in [0.717, 1.165) is 0 Å². The highest BCUT2D eigenvalue weighted by molar-refractivity contribution is 14.1. The minimum Gasteiger partial charge on any atom is -0.394 e. The number of nitrogens with zero attached hydrogens (tertiary/aromatic N) is 2. The summed E-state index contributed by atoms with van der Waals surface area (Å²) in [5.74, 6) is 0.198. The SMILES string of the molecule is Nc1ccn([C@H]2CC(I)[C@@H](CO)O2)c(=O)n1. The van der Waals surface area contributed by atoms with Gasteiger partial charge in [0.2, 0.25) is 0 Å². The number of nitrogens with two attached hydrogens (primary N) is 1. The highest BCUT2D eigenvalue weighted by atomic mass is 127. The zero-order valence-corrected chi connectivity index (χ0v) is 10.6. The molecule has 0 saturated carbocycles. The van der Waals surface area contributed by atoms with Gasteiger partial charge in [-0.05, 0) is 6.07 Å². The van der Waals surface area contributed by atoms with Gasteiger partial charge in [-0.2, -0.15) is 4.98 Å². The molecule has 1 aliphatic heterocycles. The van der Waals surface area contributed by atoms with E-state index >= 15 is 0 Å². The Kier molecular flexibility index (Phi) is 3.45. The molecule has 1 saturated heterocycles. The van der Waals surface area contributed by atoms with Crippen molar-refractivity contribution in [3.8, 4) is 0 Å². The van der Waals surface area contributed by atoms with Crippen molar-refractivity contribution < 1.29 is 9.84 Å². The number of aliphatic hydroxyl groups excluding tert-OH is 1. The van der Waals surface area contributed by atoms with Crippen LogP contribution in [0, 0.1) is 0 Å². The largest absolute Gasteiger partial charge is 0.394 e. The van der Waals surface area contributed by atoms with E-state index in [-0.39, 0.29) is 28.7 Å². The van der Waals surface area contributed by atoms with Crippen LogP contribution in [0.5, 0.6) is 0 Å². The normalized spacial score (nSPS) is 29.5. The van der Waals surface area contributed by atoms with E-state index in [2.05, 4.69) is 27.6 Å². The molecule has 0 aliphatic carbocycles. The number of ether oxygens (including phenoxy) is 1. The van der Waals surface area contributed by atoms with E-state index in [4.69, 9.17) is 15.6 Å². The van der Waals surface area contributed by atoms with Crippen molar-refractivity contribution >= 4 is 28.4 Å². The maximum atomic E-state index is 11.6. The molecule has 3 atom stereocenters. The molecule has 0 radical (unpaired) electrons. The Hall–Kier alpha value is -0.670. The molecule has 0 bridgehead atoms. The number of alkyl halides is 1. The van der Waals surface area contributed by atoms with Gasteiger partial charge in [0, 0.05) is 16.5 Å². The summed E-state index contributed by atoms with van der Waals surface area (Å²) in [6.07, 6.45) is 1.66. The summed E-state index contributed by atoms with van der Waals surface area (Å²) >= 11 is 2.21. The quantitative estimate of drug-likeness (QED) is 0.581. The smallest absolute Gasteiger partial charge is 0.351 e. The summed E-state index contributed by atoms with van der Waals surface area (Å²) in [6, 6.07) is 1.55. The zero-order chi connectivity index (χ0) is 11.7. The topological polar surface area (TPSA) is 90.4 Å². The Morgan fingerprint density at radius 2 is 2.50 bits per heavy atom. The van der Waals surface area contributed by atoms with Gasteiger partial charge in [-0.1, -0.05) is 22.6 Å². The van der Waals surface area contributed by atoms with Crippen LogP contribution >= 0.6 is 22.6 Å². The monoisotopic (exact) mass is 337 g/mol. The fraction of sp³-hybridized carbons (Fsp3) is 0.556. The second kappa shape index (κ2) is 4.68. The summed E-state index contributed by atoms with van der Waals surface area (Å²) in [5.41, 5.74) is 4.98. The molecule has 1 aromatic rings. The Morgan fingerprint density at radius 3 is 3.06 bits per heavy atom. The minimum absolute atomic E-state index is 0.0404. The van der Waals surface area contributed by atoms with Crippen molar-refractivity contribution in [2.24, 2.45) is 0 Å². The van der Waals surface area contributed by atoms with E-state index in [1.54, 1.807) is 12.3 Å². The predicted octanol–water partition coefficient (Wildman–Crippen LogP) is -0.0911. The molecule has 1 fully saturated rings. The number of nitrogen functional groups attached to an aromatic ring is 1. The third-order valence-electron chi connectivity index (χ3n) is 2.50. The summed E-state index contributed by atoms with van der Waals surface area (Å²) < 4.78 is 7.15. The van der Waals surface area contributed by atoms with Crippen LogP contribution < -0.4 is 11.4 Å². The van der Waals surface area contributed by atoms with Crippen molar-refractivity contribution in [2.75, 3.05) is 12.3 Å². The third-order valence-corrected chi connectivity index (χ3v) is 3.81. The molecule has 1 aliphatic rings. The summed E-state index contributed by atoms with van der Waals surface area (Å²) in [6.45, 7) is -0.0404. The highest BCUT2D eigenvalue weighted by Crippen LogP contribution is 2.32. The first-order valence-corrected chi connectivity index (χ1v) is 6.11. The lowest BCUT2D eigenvalue weighted by molar-refractivity contribution is -0.0230. The summed E-state index contributed by atoms with van der Waals surface area (Å²) in [5, 5.41) is 9.06. The number of rotatable bonds is 2. The van der Waals surface area contributed by atoms with Gasteiger partial charge in [0.15, 0.2) is 0 Å². The standard InChI is InChI=1S/C9H12IN3O3/c10-5-3-8(16-6(5)4-14)13-2-1-7(11)12-9(13)15/h1-2,5-6,8,14H,3-4H2,(H2,11,12,15)/t5?,6-,8-/m1/s1. The van der Waals surface area contributed by atoms with Crippen LogP contribution in [-0.4, -0.2) is 31.3 Å². The second-order valence-electron chi connectivity index (χ2n) is 3.61. The van der Waals surface area contributed by atoms with Crippen LogP contribution in [-0.2, 0) is 4.74 Å². The third kappa shape index (κ3) is 2.20. The van der Waals surface area contributed by atoms with Gasteiger partial charge >= 0.3 is 5.69 Å². The van der Waals surface area contributed by atoms with Crippen LogP contribution in [0.25, 0.3) is 0 Å². The van der Waals surface area contributed by atoms with Gasteiger partial charge in [0.1, 0.15) is 12.0 Å². The number of aromatic nitrogens is 2. The van der Waals surface area contributed by atoms with Crippen LogP contribution in [0.1, 0.15) is 12.6 Å². The van der Waals surface area contributed by atoms with E-state index < -0.39 is 5.69 Å². The predicted molar refractivity (Wildman–Crippen MR) is 66.3 cm³/mol. The van der Waals surface area contributed by atoms with Crippen LogP contribution in [0.3, 0.4) is 0 Å². The van der Waals surface area contributed by atoms with Gasteiger partial charge in [-0.15, -0.1) is 0 Å². The zero-order valence-electron chi connectivity index (χ0n) is 8.41. The van der Waals surface area contributed by atoms with E-state index in [1.165, 1.54) is 4.57 Å². The van der Waals surface area contributed by atoms with Crippen molar-refractivity contribution in [3.63, 3.8) is 0 Å². The molecule has 1 unspecified atom stereocenters. The number of aliphatic hydroxyl groups is 1. The molecule has 0 spiro atoms. The van der Waals surface area contributed by atoms with Gasteiger partial charge in [-0.3, -0.25) is 4.57 Å². The number of hydrogen-bond donors (Lipinski definition) is 2. The Morgan fingerprint density at radius 1 is 1.75 bits per heavy atom.